The van der Waals surface area contributed by atoms with E-state index in [4.69, 9.17) is 0 Å². The topological polar surface area (TPSA) is 33.1 Å². The zero-order valence-electron chi connectivity index (χ0n) is 9.77. The molecule has 19 heavy (non-hydrogen) atoms. The summed E-state index contributed by atoms with van der Waals surface area (Å²) < 4.78 is 26.9. The molecule has 0 aliphatic heterocycles. The largest absolute Gasteiger partial charge is 0.508 e. The average molecular weight is 257 g/mol. The second kappa shape index (κ2) is 4.31. The summed E-state index contributed by atoms with van der Waals surface area (Å²) in [4.78, 5) is 4.14. The molecule has 0 aliphatic rings. The number of hydrogen-bond acceptors (Lipinski definition) is 2. The Kier molecular flexibility index (Phi) is 2.63. The molecule has 0 aliphatic carbocycles. The van der Waals surface area contributed by atoms with Crippen molar-refractivity contribution in [2.45, 2.75) is 0 Å². The highest BCUT2D eigenvalue weighted by atomic mass is 19.2. The van der Waals surface area contributed by atoms with Gasteiger partial charge in [-0.1, -0.05) is 12.1 Å². The van der Waals surface area contributed by atoms with Gasteiger partial charge in [0.1, 0.15) is 5.75 Å². The maximum Gasteiger partial charge on any atom is 0.166 e. The normalized spacial score (nSPS) is 10.8. The van der Waals surface area contributed by atoms with Crippen molar-refractivity contribution in [1.29, 1.82) is 0 Å². The van der Waals surface area contributed by atoms with Gasteiger partial charge < -0.3 is 5.11 Å². The molecule has 0 saturated carbocycles. The zero-order chi connectivity index (χ0) is 13.4. The summed E-state index contributed by atoms with van der Waals surface area (Å²) in [6.45, 7) is 0. The number of aromatic nitrogens is 1. The number of halogens is 2. The van der Waals surface area contributed by atoms with Crippen LogP contribution >= 0.6 is 0 Å². The molecule has 0 saturated heterocycles. The van der Waals surface area contributed by atoms with E-state index < -0.39 is 11.6 Å². The minimum atomic E-state index is -0.887. The van der Waals surface area contributed by atoms with Crippen molar-refractivity contribution >= 4 is 10.9 Å². The third-order valence-corrected chi connectivity index (χ3v) is 2.93. The number of hydrogen-bond donors (Lipinski definition) is 1. The molecular weight excluding hydrogens is 248 g/mol. The van der Waals surface area contributed by atoms with Gasteiger partial charge in [0.05, 0.1) is 5.52 Å². The average Bonchev–Trinajstić information content (AvgIpc) is 2.41. The van der Waals surface area contributed by atoms with Gasteiger partial charge in [-0.05, 0) is 24.3 Å². The summed E-state index contributed by atoms with van der Waals surface area (Å²) in [5.74, 6) is -1.66. The molecule has 2 nitrogen and oxygen atoms in total. The van der Waals surface area contributed by atoms with Crippen LogP contribution < -0.4 is 0 Å². The fourth-order valence-electron chi connectivity index (χ4n) is 1.98. The molecule has 0 atom stereocenters. The predicted molar refractivity (Wildman–Crippen MR) is 68.8 cm³/mol. The van der Waals surface area contributed by atoms with E-state index in [1.807, 2.05) is 0 Å². The molecular formula is C15H9F2NO. The maximum atomic E-state index is 13.7. The van der Waals surface area contributed by atoms with E-state index in [0.29, 0.717) is 11.1 Å². The summed E-state index contributed by atoms with van der Waals surface area (Å²) in [6, 6.07) is 10.5. The summed E-state index contributed by atoms with van der Waals surface area (Å²) >= 11 is 0. The van der Waals surface area contributed by atoms with Crippen LogP contribution in [0.25, 0.3) is 22.0 Å². The van der Waals surface area contributed by atoms with Gasteiger partial charge >= 0.3 is 0 Å². The van der Waals surface area contributed by atoms with Crippen molar-refractivity contribution in [1.82, 2.24) is 4.98 Å². The quantitative estimate of drug-likeness (QED) is 0.717. The first kappa shape index (κ1) is 11.6. The number of pyridine rings is 1. The molecule has 4 heteroatoms. The molecule has 1 N–H and O–H groups in total. The van der Waals surface area contributed by atoms with Crippen molar-refractivity contribution < 1.29 is 13.9 Å². The smallest absolute Gasteiger partial charge is 0.166 e. The van der Waals surface area contributed by atoms with E-state index in [2.05, 4.69) is 4.98 Å². The Morgan fingerprint density at radius 3 is 2.68 bits per heavy atom. The van der Waals surface area contributed by atoms with Crippen LogP contribution in [0, 0.1) is 11.6 Å². The second-order valence-electron chi connectivity index (χ2n) is 4.20. The fraction of sp³-hybridized carbons (Fsp3) is 0. The molecule has 1 heterocycles. The van der Waals surface area contributed by atoms with Crippen molar-refractivity contribution in [3.63, 3.8) is 0 Å². The minimum absolute atomic E-state index is 0.115. The fourth-order valence-corrected chi connectivity index (χ4v) is 1.98. The SMILES string of the molecule is Oc1ccc2cc(-c3cccc(F)c3F)cnc2c1. The third kappa shape index (κ3) is 2.01. The molecule has 3 aromatic rings. The van der Waals surface area contributed by atoms with Gasteiger partial charge in [0.2, 0.25) is 0 Å². The highest BCUT2D eigenvalue weighted by Crippen LogP contribution is 2.27. The molecule has 2 aromatic carbocycles. The number of phenols is 1. The molecule has 94 valence electrons. The molecule has 0 bridgehead atoms. The zero-order valence-corrected chi connectivity index (χ0v) is 9.77. The Labute approximate surface area is 108 Å². The van der Waals surface area contributed by atoms with E-state index in [9.17, 15) is 13.9 Å². The molecule has 3 rings (SSSR count). The van der Waals surface area contributed by atoms with Crippen LogP contribution in [0.3, 0.4) is 0 Å². The van der Waals surface area contributed by atoms with Crippen LogP contribution in [0.2, 0.25) is 0 Å². The lowest BCUT2D eigenvalue weighted by Crippen LogP contribution is -1.90. The first-order valence-corrected chi connectivity index (χ1v) is 5.68. The van der Waals surface area contributed by atoms with Crippen LogP contribution in [0.4, 0.5) is 8.78 Å². The second-order valence-corrected chi connectivity index (χ2v) is 4.20. The Morgan fingerprint density at radius 2 is 1.84 bits per heavy atom. The van der Waals surface area contributed by atoms with Gasteiger partial charge in [-0.25, -0.2) is 8.78 Å². The lowest BCUT2D eigenvalue weighted by molar-refractivity contribution is 0.476. The lowest BCUT2D eigenvalue weighted by Gasteiger charge is -2.05. The van der Waals surface area contributed by atoms with Gasteiger partial charge in [-0.15, -0.1) is 0 Å². The monoisotopic (exact) mass is 257 g/mol. The van der Waals surface area contributed by atoms with E-state index in [1.165, 1.54) is 30.5 Å². The summed E-state index contributed by atoms with van der Waals surface area (Å²) in [5.41, 5.74) is 1.26. The van der Waals surface area contributed by atoms with Crippen LogP contribution in [0.15, 0.2) is 48.7 Å². The number of aromatic hydroxyl groups is 1. The van der Waals surface area contributed by atoms with Crippen LogP contribution in [-0.2, 0) is 0 Å². The summed E-state index contributed by atoms with van der Waals surface area (Å²) in [6.07, 6.45) is 1.46. The molecule has 0 fully saturated rings. The lowest BCUT2D eigenvalue weighted by atomic mass is 10.0. The van der Waals surface area contributed by atoms with Gasteiger partial charge in [-0.2, -0.15) is 0 Å². The van der Waals surface area contributed by atoms with Crippen molar-refractivity contribution in [2.75, 3.05) is 0 Å². The number of fused-ring (bicyclic) bond motifs is 1. The van der Waals surface area contributed by atoms with E-state index in [-0.39, 0.29) is 11.3 Å². The van der Waals surface area contributed by atoms with Crippen LogP contribution in [0.5, 0.6) is 5.75 Å². The third-order valence-electron chi connectivity index (χ3n) is 2.93. The Balaban J connectivity index is 2.20. The van der Waals surface area contributed by atoms with E-state index >= 15 is 0 Å². The summed E-state index contributed by atoms with van der Waals surface area (Å²) in [7, 11) is 0. The van der Waals surface area contributed by atoms with E-state index in [1.54, 1.807) is 12.1 Å². The van der Waals surface area contributed by atoms with Crippen molar-refractivity contribution in [3.8, 4) is 16.9 Å². The van der Waals surface area contributed by atoms with Crippen LogP contribution in [-0.4, -0.2) is 10.1 Å². The molecule has 1 aromatic heterocycles. The Hall–Kier alpha value is -2.49. The van der Waals surface area contributed by atoms with Gasteiger partial charge in [0.25, 0.3) is 0 Å². The standard InChI is InChI=1S/C15H9F2NO/c16-13-3-1-2-12(15(13)17)10-6-9-4-5-11(19)7-14(9)18-8-10/h1-8,19H. The molecule has 0 spiro atoms. The van der Waals surface area contributed by atoms with Crippen LogP contribution in [0.1, 0.15) is 0 Å². The Morgan fingerprint density at radius 1 is 1.00 bits per heavy atom. The number of rotatable bonds is 1. The van der Waals surface area contributed by atoms with Gasteiger partial charge in [-0.3, -0.25) is 4.98 Å². The molecule has 0 amide bonds. The highest BCUT2D eigenvalue weighted by Gasteiger charge is 2.10. The number of nitrogens with zero attached hydrogens (tertiary/aromatic N) is 1. The molecule has 0 unspecified atom stereocenters. The highest BCUT2D eigenvalue weighted by molar-refractivity contribution is 5.84. The predicted octanol–water partition coefficient (Wildman–Crippen LogP) is 3.89. The Bertz CT molecular complexity index is 771. The minimum Gasteiger partial charge on any atom is -0.508 e. The first-order valence-electron chi connectivity index (χ1n) is 5.68. The van der Waals surface area contributed by atoms with Crippen molar-refractivity contribution in [2.24, 2.45) is 0 Å². The molecule has 0 radical (unpaired) electrons. The first-order chi connectivity index (χ1) is 9.15. The van der Waals surface area contributed by atoms with Crippen molar-refractivity contribution in [3.05, 3.63) is 60.3 Å². The van der Waals surface area contributed by atoms with E-state index in [0.717, 1.165) is 11.5 Å². The van der Waals surface area contributed by atoms with Gasteiger partial charge in [0.15, 0.2) is 11.6 Å². The maximum absolute atomic E-state index is 13.7. The number of phenolic OH excluding ortho intramolecular Hbond substituents is 1. The van der Waals surface area contributed by atoms with Gasteiger partial charge in [0, 0.05) is 28.8 Å². The summed E-state index contributed by atoms with van der Waals surface area (Å²) in [5, 5.41) is 10.1. The number of benzene rings is 2.